The third-order valence-electron chi connectivity index (χ3n) is 2.96. The first-order chi connectivity index (χ1) is 10.4. The predicted molar refractivity (Wildman–Crippen MR) is 94.0 cm³/mol. The molecule has 24 heavy (non-hydrogen) atoms. The van der Waals surface area contributed by atoms with E-state index < -0.39 is 36.4 Å². The molecule has 0 saturated heterocycles. The van der Waals surface area contributed by atoms with Crippen LogP contribution in [0.2, 0.25) is 0 Å². The molecule has 0 radical (unpaired) electrons. The third-order valence-corrected chi connectivity index (χ3v) is 6.18. The number of hydrogen-bond acceptors (Lipinski definition) is 5. The van der Waals surface area contributed by atoms with Crippen molar-refractivity contribution in [3.8, 4) is 0 Å². The summed E-state index contributed by atoms with van der Waals surface area (Å²) < 4.78 is 48.5. The van der Waals surface area contributed by atoms with E-state index in [0.29, 0.717) is 6.42 Å². The van der Waals surface area contributed by atoms with Crippen LogP contribution in [-0.4, -0.2) is 40.7 Å². The SMILES string of the molecule is CCCS(=O)(=O)c1cc(C)c(C(=O)N=C(N)N)cc1S(C)(=O)=O.Cl. The van der Waals surface area contributed by atoms with E-state index >= 15 is 0 Å². The van der Waals surface area contributed by atoms with Gasteiger partial charge in [0.05, 0.1) is 15.5 Å². The van der Waals surface area contributed by atoms with Gasteiger partial charge in [0.15, 0.2) is 25.6 Å². The van der Waals surface area contributed by atoms with Crippen LogP contribution in [0.25, 0.3) is 0 Å². The highest BCUT2D eigenvalue weighted by Crippen LogP contribution is 2.27. The van der Waals surface area contributed by atoms with Gasteiger partial charge in [-0.05, 0) is 31.0 Å². The average Bonchev–Trinajstić information content (AvgIpc) is 2.35. The molecular formula is C13H20ClN3O5S2. The Labute approximate surface area is 147 Å². The van der Waals surface area contributed by atoms with Crippen LogP contribution in [0.3, 0.4) is 0 Å². The Morgan fingerprint density at radius 2 is 1.67 bits per heavy atom. The van der Waals surface area contributed by atoms with Gasteiger partial charge in [-0.2, -0.15) is 4.99 Å². The van der Waals surface area contributed by atoms with Crippen LogP contribution in [0, 0.1) is 6.92 Å². The predicted octanol–water partition coefficient (Wildman–Crippen LogP) is 0.418. The Kier molecular flexibility index (Phi) is 7.40. The number of rotatable bonds is 5. The van der Waals surface area contributed by atoms with Crippen molar-refractivity contribution in [2.24, 2.45) is 16.5 Å². The second-order valence-electron chi connectivity index (χ2n) is 5.05. The van der Waals surface area contributed by atoms with Crippen molar-refractivity contribution in [3.63, 3.8) is 0 Å². The number of amides is 1. The van der Waals surface area contributed by atoms with E-state index in [9.17, 15) is 21.6 Å². The number of aliphatic imine (C=N–C) groups is 1. The van der Waals surface area contributed by atoms with Crippen LogP contribution in [-0.2, 0) is 19.7 Å². The van der Waals surface area contributed by atoms with Crippen molar-refractivity contribution in [2.75, 3.05) is 12.0 Å². The van der Waals surface area contributed by atoms with Gasteiger partial charge in [-0.3, -0.25) is 4.79 Å². The van der Waals surface area contributed by atoms with Gasteiger partial charge in [-0.25, -0.2) is 16.8 Å². The van der Waals surface area contributed by atoms with Crippen LogP contribution >= 0.6 is 12.4 Å². The summed E-state index contributed by atoms with van der Waals surface area (Å²) in [6.07, 6.45) is 1.21. The van der Waals surface area contributed by atoms with E-state index in [-0.39, 0.29) is 34.2 Å². The zero-order chi connectivity index (χ0) is 18.0. The number of nitrogens with two attached hydrogens (primary N) is 2. The van der Waals surface area contributed by atoms with Gasteiger partial charge in [-0.15, -0.1) is 12.4 Å². The number of aryl methyl sites for hydroxylation is 1. The molecule has 0 aliphatic heterocycles. The number of guanidine groups is 1. The van der Waals surface area contributed by atoms with Gasteiger partial charge in [0.1, 0.15) is 0 Å². The molecule has 0 aliphatic carbocycles. The zero-order valence-electron chi connectivity index (χ0n) is 13.4. The van der Waals surface area contributed by atoms with Crippen LogP contribution in [0.1, 0.15) is 29.3 Å². The third kappa shape index (κ3) is 5.18. The van der Waals surface area contributed by atoms with Crippen molar-refractivity contribution in [3.05, 3.63) is 23.3 Å². The lowest BCUT2D eigenvalue weighted by atomic mass is 10.1. The number of carbonyl (C=O) groups excluding carboxylic acids is 1. The smallest absolute Gasteiger partial charge is 0.280 e. The highest BCUT2D eigenvalue weighted by Gasteiger charge is 2.26. The summed E-state index contributed by atoms with van der Waals surface area (Å²) in [5.74, 6) is -1.51. The number of benzene rings is 1. The Balaban J connectivity index is 0.00000529. The van der Waals surface area contributed by atoms with Crippen LogP contribution < -0.4 is 11.5 Å². The van der Waals surface area contributed by atoms with Gasteiger partial charge in [0.2, 0.25) is 0 Å². The maximum Gasteiger partial charge on any atom is 0.280 e. The van der Waals surface area contributed by atoms with Crippen molar-refractivity contribution in [1.29, 1.82) is 0 Å². The van der Waals surface area contributed by atoms with E-state index in [1.54, 1.807) is 6.92 Å². The van der Waals surface area contributed by atoms with Gasteiger partial charge in [0.25, 0.3) is 5.91 Å². The second kappa shape index (κ2) is 7.95. The van der Waals surface area contributed by atoms with Gasteiger partial charge in [-0.1, -0.05) is 6.92 Å². The van der Waals surface area contributed by atoms with Crippen molar-refractivity contribution >= 4 is 43.9 Å². The molecule has 0 heterocycles. The molecule has 1 amide bonds. The quantitative estimate of drug-likeness (QED) is 0.539. The molecule has 1 aromatic rings. The molecule has 4 N–H and O–H groups in total. The molecule has 136 valence electrons. The standard InChI is InChI=1S/C13H19N3O5S2.ClH/c1-4-5-23(20,21)11-6-8(2)9(12(17)16-13(14)15)7-10(11)22(3,18)19;/h6-7H,4-5H2,1-3H3,(H4,14,15,16,17);1H. The van der Waals surface area contributed by atoms with Gasteiger partial charge >= 0.3 is 0 Å². The first-order valence-corrected chi connectivity index (χ1v) is 10.2. The molecular weight excluding hydrogens is 378 g/mol. The maximum atomic E-state index is 12.3. The summed E-state index contributed by atoms with van der Waals surface area (Å²) in [5, 5.41) is 0. The molecule has 0 bridgehead atoms. The summed E-state index contributed by atoms with van der Waals surface area (Å²) in [6, 6.07) is 2.17. The van der Waals surface area contributed by atoms with Crippen molar-refractivity contribution < 1.29 is 21.6 Å². The van der Waals surface area contributed by atoms with E-state index in [4.69, 9.17) is 11.5 Å². The molecule has 0 unspecified atom stereocenters. The molecule has 0 aromatic heterocycles. The zero-order valence-corrected chi connectivity index (χ0v) is 15.9. The van der Waals surface area contributed by atoms with E-state index in [1.807, 2.05) is 0 Å². The largest absolute Gasteiger partial charge is 0.370 e. The first kappa shape index (κ1) is 22.4. The Hall–Kier alpha value is -1.65. The minimum absolute atomic E-state index is 0. The number of hydrogen-bond donors (Lipinski definition) is 2. The fraction of sp³-hybridized carbons (Fsp3) is 0.385. The highest BCUT2D eigenvalue weighted by molar-refractivity contribution is 7.94. The fourth-order valence-electron chi connectivity index (χ4n) is 1.98. The van der Waals surface area contributed by atoms with Gasteiger partial charge < -0.3 is 11.5 Å². The van der Waals surface area contributed by atoms with E-state index in [2.05, 4.69) is 4.99 Å². The van der Waals surface area contributed by atoms with Crippen molar-refractivity contribution in [2.45, 2.75) is 30.1 Å². The number of halogens is 1. The first-order valence-electron chi connectivity index (χ1n) is 6.61. The summed E-state index contributed by atoms with van der Waals surface area (Å²) in [6.45, 7) is 3.15. The van der Waals surface area contributed by atoms with E-state index in [0.717, 1.165) is 18.4 Å². The Morgan fingerprint density at radius 1 is 1.12 bits per heavy atom. The Bertz CT molecular complexity index is 873. The normalized spacial score (nSPS) is 11.5. The molecule has 0 saturated carbocycles. The van der Waals surface area contributed by atoms with Crippen molar-refractivity contribution in [1.82, 2.24) is 0 Å². The molecule has 1 rings (SSSR count). The van der Waals surface area contributed by atoms with E-state index in [1.165, 1.54) is 6.92 Å². The Morgan fingerprint density at radius 3 is 2.08 bits per heavy atom. The van der Waals surface area contributed by atoms with Crippen LogP contribution in [0.15, 0.2) is 26.9 Å². The summed E-state index contributed by atoms with van der Waals surface area (Å²) >= 11 is 0. The second-order valence-corrected chi connectivity index (χ2v) is 9.11. The molecule has 1 aromatic carbocycles. The average molecular weight is 398 g/mol. The maximum absolute atomic E-state index is 12.3. The molecule has 0 fully saturated rings. The molecule has 0 spiro atoms. The number of sulfone groups is 2. The molecule has 0 atom stereocenters. The summed E-state index contributed by atoms with van der Waals surface area (Å²) in [5.41, 5.74) is 10.5. The van der Waals surface area contributed by atoms with Gasteiger partial charge in [0, 0.05) is 11.8 Å². The monoisotopic (exact) mass is 397 g/mol. The molecule has 11 heteroatoms. The lowest BCUT2D eigenvalue weighted by Gasteiger charge is -2.12. The van der Waals surface area contributed by atoms with Crippen LogP contribution in [0.4, 0.5) is 0 Å². The fourth-order valence-corrected chi connectivity index (χ4v) is 5.05. The molecule has 8 nitrogen and oxygen atoms in total. The number of carbonyl (C=O) groups is 1. The van der Waals surface area contributed by atoms with Crippen LogP contribution in [0.5, 0.6) is 0 Å². The molecule has 0 aliphatic rings. The minimum atomic E-state index is -3.88. The topological polar surface area (TPSA) is 150 Å². The number of nitrogens with zero attached hydrogens (tertiary/aromatic N) is 1. The summed E-state index contributed by atoms with van der Waals surface area (Å²) in [4.78, 5) is 14.5. The highest BCUT2D eigenvalue weighted by atomic mass is 35.5. The minimum Gasteiger partial charge on any atom is -0.370 e. The lowest BCUT2D eigenvalue weighted by molar-refractivity contribution is 0.100. The lowest BCUT2D eigenvalue weighted by Crippen LogP contribution is -2.24. The summed E-state index contributed by atoms with van der Waals surface area (Å²) in [7, 11) is -7.67.